The summed E-state index contributed by atoms with van der Waals surface area (Å²) in [5.74, 6) is 0.506. The lowest BCUT2D eigenvalue weighted by atomic mass is 9.99. The van der Waals surface area contributed by atoms with Crippen LogP contribution in [0.1, 0.15) is 0 Å². The van der Waals surface area contributed by atoms with Crippen LogP contribution in [0.5, 0.6) is 0 Å². The summed E-state index contributed by atoms with van der Waals surface area (Å²) >= 11 is 0. The van der Waals surface area contributed by atoms with Gasteiger partial charge in [-0.2, -0.15) is 0 Å². The topological polar surface area (TPSA) is 6.48 Å². The van der Waals surface area contributed by atoms with Crippen molar-refractivity contribution in [2.45, 2.75) is 6.04 Å². The molecule has 0 N–H and O–H groups in total. The number of anilines is 1. The molecule has 0 saturated carbocycles. The first-order valence-electron chi connectivity index (χ1n) is 6.46. The first kappa shape index (κ1) is 12.9. The highest BCUT2D eigenvalue weighted by atomic mass is 15.1. The van der Waals surface area contributed by atoms with Crippen molar-refractivity contribution in [3.05, 3.63) is 54.6 Å². The largest absolute Gasteiger partial charge is 0.374 e. The number of benzene rings is 1. The average molecular weight is 242 g/mol. The van der Waals surface area contributed by atoms with E-state index in [1.807, 2.05) is 0 Å². The molecule has 0 saturated heterocycles. The van der Waals surface area contributed by atoms with Gasteiger partial charge in [0.05, 0.1) is 0 Å². The summed E-state index contributed by atoms with van der Waals surface area (Å²) < 4.78 is 0. The molecule has 2 rings (SSSR count). The van der Waals surface area contributed by atoms with Crippen LogP contribution in [0.25, 0.3) is 0 Å². The number of rotatable bonds is 4. The average Bonchev–Trinajstić information content (AvgIpc) is 2.40. The lowest BCUT2D eigenvalue weighted by Gasteiger charge is -2.26. The molecule has 18 heavy (non-hydrogen) atoms. The Morgan fingerprint density at radius 2 is 1.50 bits per heavy atom. The minimum Gasteiger partial charge on any atom is -0.374 e. The number of hydrogen-bond donors (Lipinski definition) is 0. The Labute approximate surface area is 110 Å². The molecule has 0 unspecified atom stereocenters. The predicted octanol–water partition coefficient (Wildman–Crippen LogP) is 2.80. The van der Waals surface area contributed by atoms with E-state index >= 15 is 0 Å². The third-order valence-corrected chi connectivity index (χ3v) is 3.39. The summed E-state index contributed by atoms with van der Waals surface area (Å²) in [7, 11) is 6.36. The molecule has 0 heterocycles. The van der Waals surface area contributed by atoms with Gasteiger partial charge < -0.3 is 4.90 Å². The van der Waals surface area contributed by atoms with Crippen molar-refractivity contribution in [1.29, 1.82) is 0 Å². The lowest BCUT2D eigenvalue weighted by Crippen LogP contribution is -2.29. The lowest BCUT2D eigenvalue weighted by molar-refractivity contribution is 0.386. The van der Waals surface area contributed by atoms with E-state index in [9.17, 15) is 0 Å². The van der Waals surface area contributed by atoms with Gasteiger partial charge >= 0.3 is 0 Å². The molecule has 0 atom stereocenters. The second kappa shape index (κ2) is 5.87. The highest BCUT2D eigenvalue weighted by molar-refractivity contribution is 5.45. The van der Waals surface area contributed by atoms with E-state index in [2.05, 4.69) is 85.6 Å². The van der Waals surface area contributed by atoms with Crippen LogP contribution in [0.4, 0.5) is 5.69 Å². The SMILES string of the molecule is CN(CC1C=CC(N(C)C)C=C1)c1ccccc1. The number of likely N-dealkylation sites (N-methyl/N-ethyl adjacent to an activating group) is 1. The van der Waals surface area contributed by atoms with E-state index in [1.54, 1.807) is 0 Å². The van der Waals surface area contributed by atoms with Gasteiger partial charge in [-0.25, -0.2) is 0 Å². The molecular weight excluding hydrogens is 220 g/mol. The van der Waals surface area contributed by atoms with Crippen LogP contribution in [0.2, 0.25) is 0 Å². The molecule has 1 aliphatic rings. The van der Waals surface area contributed by atoms with Crippen LogP contribution in [0, 0.1) is 5.92 Å². The molecule has 0 spiro atoms. The second-order valence-electron chi connectivity index (χ2n) is 5.10. The molecule has 1 aromatic rings. The molecule has 96 valence electrons. The summed E-state index contributed by atoms with van der Waals surface area (Å²) in [6, 6.07) is 11.0. The smallest absolute Gasteiger partial charge is 0.0456 e. The Morgan fingerprint density at radius 1 is 0.889 bits per heavy atom. The van der Waals surface area contributed by atoms with Crippen molar-refractivity contribution in [3.8, 4) is 0 Å². The van der Waals surface area contributed by atoms with Crippen molar-refractivity contribution in [1.82, 2.24) is 4.90 Å². The number of hydrogen-bond acceptors (Lipinski definition) is 2. The second-order valence-corrected chi connectivity index (χ2v) is 5.10. The van der Waals surface area contributed by atoms with Crippen LogP contribution in [-0.4, -0.2) is 38.6 Å². The Bertz CT molecular complexity index is 406. The minimum absolute atomic E-state index is 0.447. The van der Waals surface area contributed by atoms with Gasteiger partial charge in [0.25, 0.3) is 0 Å². The van der Waals surface area contributed by atoms with E-state index in [1.165, 1.54) is 5.69 Å². The Hall–Kier alpha value is -1.54. The molecule has 2 heteroatoms. The number of nitrogens with zero attached hydrogens (tertiary/aromatic N) is 2. The van der Waals surface area contributed by atoms with Crippen molar-refractivity contribution in [2.75, 3.05) is 32.6 Å². The predicted molar refractivity (Wildman–Crippen MR) is 79.0 cm³/mol. The van der Waals surface area contributed by atoms with Gasteiger partial charge in [0.15, 0.2) is 0 Å². The Morgan fingerprint density at radius 3 is 2.06 bits per heavy atom. The maximum absolute atomic E-state index is 2.31. The summed E-state index contributed by atoms with van der Waals surface area (Å²) in [4.78, 5) is 4.51. The van der Waals surface area contributed by atoms with Crippen LogP contribution in [-0.2, 0) is 0 Å². The third-order valence-electron chi connectivity index (χ3n) is 3.39. The van der Waals surface area contributed by atoms with Crippen LogP contribution in [0.15, 0.2) is 54.6 Å². The number of para-hydroxylation sites is 1. The van der Waals surface area contributed by atoms with Crippen LogP contribution < -0.4 is 4.90 Å². The van der Waals surface area contributed by atoms with Crippen molar-refractivity contribution < 1.29 is 0 Å². The quantitative estimate of drug-likeness (QED) is 0.749. The molecule has 0 aliphatic heterocycles. The molecule has 0 amide bonds. The Balaban J connectivity index is 1.92. The first-order valence-corrected chi connectivity index (χ1v) is 6.46. The summed E-state index contributed by atoms with van der Waals surface area (Å²) in [5.41, 5.74) is 1.27. The fourth-order valence-electron chi connectivity index (χ4n) is 2.21. The molecular formula is C16H22N2. The van der Waals surface area contributed by atoms with E-state index in [0.29, 0.717) is 12.0 Å². The zero-order valence-corrected chi connectivity index (χ0v) is 11.5. The normalized spacial score (nSPS) is 22.4. The molecule has 0 bridgehead atoms. The van der Waals surface area contributed by atoms with Crippen molar-refractivity contribution in [2.24, 2.45) is 5.92 Å². The van der Waals surface area contributed by atoms with Crippen molar-refractivity contribution >= 4 is 5.69 Å². The van der Waals surface area contributed by atoms with Gasteiger partial charge in [0, 0.05) is 31.2 Å². The zero-order valence-electron chi connectivity index (χ0n) is 11.5. The summed E-state index contributed by atoms with van der Waals surface area (Å²) in [6.45, 7) is 1.02. The van der Waals surface area contributed by atoms with Gasteiger partial charge in [0.1, 0.15) is 0 Å². The first-order chi connectivity index (χ1) is 8.66. The molecule has 0 aromatic heterocycles. The summed E-state index contributed by atoms with van der Waals surface area (Å²) in [5, 5.41) is 0. The molecule has 2 nitrogen and oxygen atoms in total. The van der Waals surface area contributed by atoms with E-state index in [4.69, 9.17) is 0 Å². The van der Waals surface area contributed by atoms with Crippen LogP contribution in [0.3, 0.4) is 0 Å². The van der Waals surface area contributed by atoms with Crippen LogP contribution >= 0.6 is 0 Å². The van der Waals surface area contributed by atoms with Gasteiger partial charge in [0.2, 0.25) is 0 Å². The monoisotopic (exact) mass is 242 g/mol. The standard InChI is InChI=1S/C16H22N2/c1-17(2)15-11-9-14(10-12-15)13-18(3)16-7-5-4-6-8-16/h4-12,14-15H,13H2,1-3H3. The van der Waals surface area contributed by atoms with Gasteiger partial charge in [-0.05, 0) is 26.2 Å². The summed E-state index contributed by atoms with van der Waals surface area (Å²) in [6.07, 6.45) is 9.18. The zero-order chi connectivity index (χ0) is 13.0. The highest BCUT2D eigenvalue weighted by Crippen LogP contribution is 2.17. The van der Waals surface area contributed by atoms with Gasteiger partial charge in [-0.3, -0.25) is 4.90 Å². The fourth-order valence-corrected chi connectivity index (χ4v) is 2.21. The van der Waals surface area contributed by atoms with E-state index < -0.39 is 0 Å². The molecule has 0 fully saturated rings. The van der Waals surface area contributed by atoms with Gasteiger partial charge in [-0.1, -0.05) is 42.5 Å². The third kappa shape index (κ3) is 3.23. The highest BCUT2D eigenvalue weighted by Gasteiger charge is 2.12. The maximum Gasteiger partial charge on any atom is 0.0456 e. The minimum atomic E-state index is 0.447. The molecule has 0 radical (unpaired) electrons. The molecule has 1 aromatic carbocycles. The van der Waals surface area contributed by atoms with Gasteiger partial charge in [-0.15, -0.1) is 0 Å². The van der Waals surface area contributed by atoms with Crippen molar-refractivity contribution in [3.63, 3.8) is 0 Å². The Kier molecular flexibility index (Phi) is 4.21. The van der Waals surface area contributed by atoms with E-state index in [-0.39, 0.29) is 0 Å². The molecule has 1 aliphatic carbocycles. The maximum atomic E-state index is 2.31. The fraction of sp³-hybridized carbons (Fsp3) is 0.375. The van der Waals surface area contributed by atoms with E-state index in [0.717, 1.165) is 6.54 Å².